The summed E-state index contributed by atoms with van der Waals surface area (Å²) in [6, 6.07) is 4.21. The number of carbonyl (C=O) groups is 1. The number of aliphatic hydroxyl groups excluding tert-OH is 1. The zero-order valence-electron chi connectivity index (χ0n) is 13.1. The van der Waals surface area contributed by atoms with Gasteiger partial charge in [0, 0.05) is 25.7 Å². The molecule has 8 heteroatoms. The second-order valence-electron chi connectivity index (χ2n) is 5.91. The molecule has 0 heterocycles. The van der Waals surface area contributed by atoms with Crippen LogP contribution in [0.3, 0.4) is 0 Å². The number of amides is 1. The summed E-state index contributed by atoms with van der Waals surface area (Å²) in [4.78, 5) is 12.2. The highest BCUT2D eigenvalue weighted by Gasteiger charge is 2.24. The van der Waals surface area contributed by atoms with Crippen molar-refractivity contribution in [3.05, 3.63) is 28.8 Å². The normalized spacial score (nSPS) is 22.1. The molecule has 0 bridgehead atoms. The molecule has 0 unspecified atom stereocenters. The molecular weight excluding hydrogens is 340 g/mol. The summed E-state index contributed by atoms with van der Waals surface area (Å²) >= 11 is 5.97. The van der Waals surface area contributed by atoms with E-state index in [9.17, 15) is 18.3 Å². The van der Waals surface area contributed by atoms with Crippen molar-refractivity contribution in [1.29, 1.82) is 0 Å². The van der Waals surface area contributed by atoms with Gasteiger partial charge >= 0.3 is 0 Å². The zero-order valence-corrected chi connectivity index (χ0v) is 14.7. The summed E-state index contributed by atoms with van der Waals surface area (Å²) in [5, 5.41) is 12.4. The summed E-state index contributed by atoms with van der Waals surface area (Å²) in [6.07, 6.45) is 2.44. The van der Waals surface area contributed by atoms with E-state index in [1.807, 2.05) is 0 Å². The Morgan fingerprint density at radius 1 is 1.26 bits per heavy atom. The van der Waals surface area contributed by atoms with Gasteiger partial charge in [-0.3, -0.25) is 4.79 Å². The molecule has 1 aromatic carbocycles. The van der Waals surface area contributed by atoms with Gasteiger partial charge in [0.15, 0.2) is 0 Å². The lowest BCUT2D eigenvalue weighted by molar-refractivity contribution is 0.0867. The Kier molecular flexibility index (Phi) is 5.67. The van der Waals surface area contributed by atoms with E-state index in [0.717, 1.165) is 4.31 Å². The van der Waals surface area contributed by atoms with Crippen molar-refractivity contribution >= 4 is 27.5 Å². The lowest BCUT2D eigenvalue weighted by atomic mass is 9.93. The number of nitrogens with one attached hydrogen (secondary N) is 1. The highest BCUT2D eigenvalue weighted by molar-refractivity contribution is 7.89. The van der Waals surface area contributed by atoms with Crippen molar-refractivity contribution in [2.45, 2.75) is 42.7 Å². The van der Waals surface area contributed by atoms with Crippen LogP contribution >= 0.6 is 11.6 Å². The molecule has 0 radical (unpaired) electrons. The Morgan fingerprint density at radius 2 is 1.87 bits per heavy atom. The largest absolute Gasteiger partial charge is 0.393 e. The molecule has 1 aromatic rings. The van der Waals surface area contributed by atoms with Gasteiger partial charge < -0.3 is 10.4 Å². The second kappa shape index (κ2) is 7.17. The van der Waals surface area contributed by atoms with Crippen LogP contribution < -0.4 is 5.32 Å². The third-order valence-corrected chi connectivity index (χ3v) is 6.28. The summed E-state index contributed by atoms with van der Waals surface area (Å²) in [5.41, 5.74) is 0.251. The lowest BCUT2D eigenvalue weighted by Gasteiger charge is -2.26. The van der Waals surface area contributed by atoms with Gasteiger partial charge in [-0.1, -0.05) is 11.6 Å². The number of sulfonamides is 1. The molecule has 6 nitrogen and oxygen atoms in total. The van der Waals surface area contributed by atoms with E-state index in [1.54, 1.807) is 0 Å². The van der Waals surface area contributed by atoms with Gasteiger partial charge in [-0.2, -0.15) is 0 Å². The number of hydrogen-bond donors (Lipinski definition) is 2. The smallest absolute Gasteiger partial charge is 0.251 e. The van der Waals surface area contributed by atoms with Gasteiger partial charge in [-0.05, 0) is 43.9 Å². The molecule has 1 saturated carbocycles. The Hall–Kier alpha value is -1.15. The third-order valence-electron chi connectivity index (χ3n) is 3.98. The molecule has 2 rings (SSSR count). The first kappa shape index (κ1) is 18.2. The maximum atomic E-state index is 12.3. The van der Waals surface area contributed by atoms with Crippen molar-refractivity contribution in [1.82, 2.24) is 9.62 Å². The molecule has 23 heavy (non-hydrogen) atoms. The molecule has 1 fully saturated rings. The standard InChI is InChI=1S/C15H21ClN2O4S/c1-18(2)23(21,22)14-9-10(3-8-13(14)16)15(20)17-11-4-6-12(19)7-5-11/h3,8-9,11-12,19H,4-7H2,1-2H3,(H,17,20). The number of hydrogen-bond acceptors (Lipinski definition) is 4. The number of aliphatic hydroxyl groups is 1. The molecule has 2 N–H and O–H groups in total. The highest BCUT2D eigenvalue weighted by atomic mass is 35.5. The van der Waals surface area contributed by atoms with Gasteiger partial charge in [-0.15, -0.1) is 0 Å². The number of rotatable bonds is 4. The van der Waals surface area contributed by atoms with Crippen molar-refractivity contribution in [2.75, 3.05) is 14.1 Å². The Morgan fingerprint density at radius 3 is 2.43 bits per heavy atom. The fraction of sp³-hybridized carbons (Fsp3) is 0.533. The Labute approximate surface area is 141 Å². The molecule has 0 atom stereocenters. The molecule has 0 spiro atoms. The minimum Gasteiger partial charge on any atom is -0.393 e. The minimum absolute atomic E-state index is 0.00418. The van der Waals surface area contributed by atoms with E-state index in [2.05, 4.69) is 5.32 Å². The van der Waals surface area contributed by atoms with Crippen LogP contribution in [0.2, 0.25) is 5.02 Å². The number of carbonyl (C=O) groups excluding carboxylic acids is 1. The number of halogens is 1. The summed E-state index contributed by atoms with van der Waals surface area (Å²) in [5.74, 6) is -0.335. The van der Waals surface area contributed by atoms with E-state index in [0.29, 0.717) is 25.7 Å². The van der Waals surface area contributed by atoms with E-state index in [1.165, 1.54) is 32.3 Å². The van der Waals surface area contributed by atoms with E-state index < -0.39 is 10.0 Å². The minimum atomic E-state index is -3.72. The third kappa shape index (κ3) is 4.23. The molecular formula is C15H21ClN2O4S. The average molecular weight is 361 g/mol. The molecule has 1 aliphatic rings. The predicted octanol–water partition coefficient (Wildman–Crippen LogP) is 1.62. The first-order valence-electron chi connectivity index (χ1n) is 7.43. The molecule has 0 saturated heterocycles. The first-order chi connectivity index (χ1) is 10.7. The summed E-state index contributed by atoms with van der Waals surface area (Å²) in [7, 11) is -0.899. The van der Waals surface area contributed by atoms with E-state index in [4.69, 9.17) is 11.6 Å². The summed E-state index contributed by atoms with van der Waals surface area (Å²) in [6.45, 7) is 0. The molecule has 128 valence electrons. The van der Waals surface area contributed by atoms with Crippen LogP contribution in [0.1, 0.15) is 36.0 Å². The number of nitrogens with zero attached hydrogens (tertiary/aromatic N) is 1. The van der Waals surface area contributed by atoms with Crippen LogP contribution in [0.15, 0.2) is 23.1 Å². The molecule has 0 aromatic heterocycles. The van der Waals surface area contributed by atoms with Crippen molar-refractivity contribution in [3.8, 4) is 0 Å². The zero-order chi connectivity index (χ0) is 17.2. The number of benzene rings is 1. The highest BCUT2D eigenvalue weighted by Crippen LogP contribution is 2.25. The first-order valence-corrected chi connectivity index (χ1v) is 9.24. The van der Waals surface area contributed by atoms with Crippen molar-refractivity contribution in [3.63, 3.8) is 0 Å². The van der Waals surface area contributed by atoms with Crippen LogP contribution in [0.4, 0.5) is 0 Å². The van der Waals surface area contributed by atoms with E-state index in [-0.39, 0.29) is 33.5 Å². The maximum absolute atomic E-state index is 12.3. The monoisotopic (exact) mass is 360 g/mol. The Balaban J connectivity index is 2.19. The van der Waals surface area contributed by atoms with Crippen LogP contribution in [0, 0.1) is 0 Å². The van der Waals surface area contributed by atoms with E-state index >= 15 is 0 Å². The van der Waals surface area contributed by atoms with Crippen LogP contribution in [-0.4, -0.2) is 50.0 Å². The van der Waals surface area contributed by atoms with Gasteiger partial charge in [-0.25, -0.2) is 12.7 Å². The van der Waals surface area contributed by atoms with Crippen molar-refractivity contribution < 1.29 is 18.3 Å². The van der Waals surface area contributed by atoms with Gasteiger partial charge in [0.25, 0.3) is 5.91 Å². The topological polar surface area (TPSA) is 86.7 Å². The van der Waals surface area contributed by atoms with Crippen molar-refractivity contribution in [2.24, 2.45) is 0 Å². The maximum Gasteiger partial charge on any atom is 0.251 e. The SMILES string of the molecule is CN(C)S(=O)(=O)c1cc(C(=O)NC2CCC(O)CC2)ccc1Cl. The van der Waals surface area contributed by atoms with Crippen LogP contribution in [0.5, 0.6) is 0 Å². The molecule has 1 aliphatic carbocycles. The molecule has 1 amide bonds. The van der Waals surface area contributed by atoms with Crippen LogP contribution in [-0.2, 0) is 10.0 Å². The summed E-state index contributed by atoms with van der Waals surface area (Å²) < 4.78 is 25.5. The van der Waals surface area contributed by atoms with Gasteiger partial charge in [0.1, 0.15) is 4.90 Å². The Bertz CT molecular complexity index is 683. The fourth-order valence-electron chi connectivity index (χ4n) is 2.53. The quantitative estimate of drug-likeness (QED) is 0.854. The average Bonchev–Trinajstić information content (AvgIpc) is 2.49. The van der Waals surface area contributed by atoms with Gasteiger partial charge in [0.05, 0.1) is 11.1 Å². The van der Waals surface area contributed by atoms with Crippen LogP contribution in [0.25, 0.3) is 0 Å². The lowest BCUT2D eigenvalue weighted by Crippen LogP contribution is -2.38. The second-order valence-corrected chi connectivity index (χ2v) is 8.44. The predicted molar refractivity (Wildman–Crippen MR) is 88.1 cm³/mol. The fourth-order valence-corrected chi connectivity index (χ4v) is 3.92. The molecule has 0 aliphatic heterocycles. The van der Waals surface area contributed by atoms with Gasteiger partial charge in [0.2, 0.25) is 10.0 Å².